The lowest BCUT2D eigenvalue weighted by molar-refractivity contribution is 0.586. The van der Waals surface area contributed by atoms with Crippen LogP contribution in [0.1, 0.15) is 16.8 Å². The molecule has 0 saturated heterocycles. The van der Waals surface area contributed by atoms with Gasteiger partial charge in [0.25, 0.3) is 0 Å². The van der Waals surface area contributed by atoms with Gasteiger partial charge in [0.2, 0.25) is 5.95 Å². The lowest BCUT2D eigenvalue weighted by Gasteiger charge is -2.11. The van der Waals surface area contributed by atoms with Crippen LogP contribution in [-0.2, 0) is 6.54 Å². The Hall–Kier alpha value is -3.02. The molecule has 0 atom stereocenters. The Bertz CT molecular complexity index is 879. The van der Waals surface area contributed by atoms with Gasteiger partial charge in [-0.2, -0.15) is 4.98 Å². The Kier molecular flexibility index (Phi) is 4.88. The number of nitrogens with one attached hydrogen (secondary N) is 2. The molecule has 4 nitrogen and oxygen atoms in total. The molecule has 25 heavy (non-hydrogen) atoms. The van der Waals surface area contributed by atoms with E-state index in [4.69, 9.17) is 0 Å². The molecule has 0 unspecified atom stereocenters. The third-order valence-electron chi connectivity index (χ3n) is 3.62. The number of benzene rings is 2. The number of nitrogens with zero attached hydrogens (tertiary/aromatic N) is 2. The molecule has 1 heterocycles. The average Bonchev–Trinajstić information content (AvgIpc) is 2.56. The maximum Gasteiger partial charge on any atom is 0.225 e. The van der Waals surface area contributed by atoms with Gasteiger partial charge in [0.05, 0.1) is 5.69 Å². The number of hydrogen-bond donors (Lipinski definition) is 2. The summed E-state index contributed by atoms with van der Waals surface area (Å²) >= 11 is 0. The van der Waals surface area contributed by atoms with Crippen molar-refractivity contribution in [3.63, 3.8) is 0 Å². The van der Waals surface area contributed by atoms with Crippen molar-refractivity contribution in [1.29, 1.82) is 0 Å². The second-order valence-corrected chi connectivity index (χ2v) is 5.81. The van der Waals surface area contributed by atoms with E-state index in [0.717, 1.165) is 17.3 Å². The van der Waals surface area contributed by atoms with Crippen LogP contribution in [0.3, 0.4) is 0 Å². The minimum absolute atomic E-state index is 0.156. The molecule has 2 aromatic carbocycles. The van der Waals surface area contributed by atoms with Gasteiger partial charge in [0.1, 0.15) is 17.5 Å². The first-order valence-corrected chi connectivity index (χ1v) is 7.87. The van der Waals surface area contributed by atoms with E-state index in [1.165, 1.54) is 17.7 Å². The van der Waals surface area contributed by atoms with Gasteiger partial charge in [-0.15, -0.1) is 0 Å². The summed E-state index contributed by atoms with van der Waals surface area (Å²) in [6.07, 6.45) is 0. The molecule has 1 aromatic heterocycles. The van der Waals surface area contributed by atoms with E-state index in [1.54, 1.807) is 6.07 Å². The van der Waals surface area contributed by atoms with Gasteiger partial charge in [0.15, 0.2) is 0 Å². The summed E-state index contributed by atoms with van der Waals surface area (Å²) in [7, 11) is 0. The summed E-state index contributed by atoms with van der Waals surface area (Å²) in [6, 6.07) is 13.2. The Morgan fingerprint density at radius 3 is 2.40 bits per heavy atom. The predicted molar refractivity (Wildman–Crippen MR) is 94.9 cm³/mol. The SMILES string of the molecule is Cc1ccc(CNc2nc(C)cc(Nc3ccc(F)cc3F)n2)cc1. The number of anilines is 3. The molecule has 0 aliphatic heterocycles. The zero-order valence-electron chi connectivity index (χ0n) is 14.0. The number of halogens is 2. The molecular weight excluding hydrogens is 322 g/mol. The van der Waals surface area contributed by atoms with E-state index in [1.807, 2.05) is 38.1 Å². The molecule has 3 aromatic rings. The second-order valence-electron chi connectivity index (χ2n) is 5.81. The number of hydrogen-bond acceptors (Lipinski definition) is 4. The van der Waals surface area contributed by atoms with Crippen LogP contribution in [0.15, 0.2) is 48.5 Å². The smallest absolute Gasteiger partial charge is 0.225 e. The summed E-state index contributed by atoms with van der Waals surface area (Å²) in [5.74, 6) is -0.428. The van der Waals surface area contributed by atoms with E-state index in [-0.39, 0.29) is 5.69 Å². The van der Waals surface area contributed by atoms with Crippen LogP contribution in [0.2, 0.25) is 0 Å². The van der Waals surface area contributed by atoms with E-state index < -0.39 is 11.6 Å². The Morgan fingerprint density at radius 1 is 0.920 bits per heavy atom. The lowest BCUT2D eigenvalue weighted by Crippen LogP contribution is -2.06. The van der Waals surface area contributed by atoms with E-state index in [2.05, 4.69) is 20.6 Å². The number of rotatable bonds is 5. The normalized spacial score (nSPS) is 10.6. The number of aryl methyl sites for hydroxylation is 2. The largest absolute Gasteiger partial charge is 0.350 e. The zero-order valence-corrected chi connectivity index (χ0v) is 14.0. The molecule has 2 N–H and O–H groups in total. The zero-order chi connectivity index (χ0) is 17.8. The predicted octanol–water partition coefficient (Wildman–Crippen LogP) is 4.73. The van der Waals surface area contributed by atoms with E-state index >= 15 is 0 Å². The van der Waals surface area contributed by atoms with Gasteiger partial charge >= 0.3 is 0 Å². The monoisotopic (exact) mass is 340 g/mol. The highest BCUT2D eigenvalue weighted by atomic mass is 19.1. The summed E-state index contributed by atoms with van der Waals surface area (Å²) in [4.78, 5) is 8.66. The fraction of sp³-hybridized carbons (Fsp3) is 0.158. The quantitative estimate of drug-likeness (QED) is 0.705. The summed E-state index contributed by atoms with van der Waals surface area (Å²) in [5.41, 5.74) is 3.19. The van der Waals surface area contributed by atoms with Gasteiger partial charge in [0, 0.05) is 24.4 Å². The first-order valence-electron chi connectivity index (χ1n) is 7.87. The topological polar surface area (TPSA) is 49.8 Å². The van der Waals surface area contributed by atoms with Crippen molar-refractivity contribution >= 4 is 17.5 Å². The maximum atomic E-state index is 13.8. The highest BCUT2D eigenvalue weighted by Gasteiger charge is 2.07. The molecule has 128 valence electrons. The summed E-state index contributed by atoms with van der Waals surface area (Å²) in [6.45, 7) is 4.44. The molecule has 0 radical (unpaired) electrons. The van der Waals surface area contributed by atoms with Crippen molar-refractivity contribution in [3.05, 3.63) is 77.0 Å². The third kappa shape index (κ3) is 4.50. The van der Waals surface area contributed by atoms with E-state index in [0.29, 0.717) is 18.3 Å². The number of aromatic nitrogens is 2. The van der Waals surface area contributed by atoms with Crippen LogP contribution in [0.25, 0.3) is 0 Å². The third-order valence-corrected chi connectivity index (χ3v) is 3.62. The molecular formula is C19H18F2N4. The molecule has 0 fully saturated rings. The van der Waals surface area contributed by atoms with Crippen molar-refractivity contribution in [2.45, 2.75) is 20.4 Å². The highest BCUT2D eigenvalue weighted by molar-refractivity contribution is 5.58. The van der Waals surface area contributed by atoms with Crippen LogP contribution in [-0.4, -0.2) is 9.97 Å². The van der Waals surface area contributed by atoms with Crippen LogP contribution in [0.5, 0.6) is 0 Å². The van der Waals surface area contributed by atoms with E-state index in [9.17, 15) is 8.78 Å². The molecule has 0 amide bonds. The van der Waals surface area contributed by atoms with Gasteiger partial charge < -0.3 is 10.6 Å². The van der Waals surface area contributed by atoms with Crippen LogP contribution in [0.4, 0.5) is 26.2 Å². The first kappa shape index (κ1) is 16.8. The average molecular weight is 340 g/mol. The van der Waals surface area contributed by atoms with Gasteiger partial charge in [-0.05, 0) is 31.5 Å². The van der Waals surface area contributed by atoms with Gasteiger partial charge in [-0.3, -0.25) is 0 Å². The maximum absolute atomic E-state index is 13.8. The highest BCUT2D eigenvalue weighted by Crippen LogP contribution is 2.21. The van der Waals surface area contributed by atoms with Gasteiger partial charge in [-0.25, -0.2) is 13.8 Å². The van der Waals surface area contributed by atoms with Crippen molar-refractivity contribution in [2.75, 3.05) is 10.6 Å². The Balaban J connectivity index is 1.74. The van der Waals surface area contributed by atoms with Crippen molar-refractivity contribution in [1.82, 2.24) is 9.97 Å². The Morgan fingerprint density at radius 2 is 1.68 bits per heavy atom. The fourth-order valence-electron chi connectivity index (χ4n) is 2.33. The minimum Gasteiger partial charge on any atom is -0.350 e. The van der Waals surface area contributed by atoms with Crippen molar-refractivity contribution in [2.24, 2.45) is 0 Å². The molecule has 0 aliphatic rings. The standard InChI is InChI=1S/C19H18F2N4/c1-12-3-5-14(6-4-12)11-22-19-23-13(2)9-18(25-19)24-17-8-7-15(20)10-16(17)21/h3-10H,11H2,1-2H3,(H2,22,23,24,25). The second kappa shape index (κ2) is 7.25. The van der Waals surface area contributed by atoms with Gasteiger partial charge in [-0.1, -0.05) is 29.8 Å². The lowest BCUT2D eigenvalue weighted by atomic mass is 10.1. The van der Waals surface area contributed by atoms with Crippen LogP contribution >= 0.6 is 0 Å². The Labute approximate surface area is 145 Å². The van der Waals surface area contributed by atoms with Crippen LogP contribution in [0, 0.1) is 25.5 Å². The van der Waals surface area contributed by atoms with Crippen LogP contribution < -0.4 is 10.6 Å². The van der Waals surface area contributed by atoms with Crippen molar-refractivity contribution in [3.8, 4) is 0 Å². The molecule has 3 rings (SSSR count). The fourth-order valence-corrected chi connectivity index (χ4v) is 2.33. The molecule has 0 saturated carbocycles. The molecule has 6 heteroatoms. The van der Waals surface area contributed by atoms with Crippen molar-refractivity contribution < 1.29 is 8.78 Å². The summed E-state index contributed by atoms with van der Waals surface area (Å²) < 4.78 is 26.8. The molecule has 0 bridgehead atoms. The summed E-state index contributed by atoms with van der Waals surface area (Å²) in [5, 5.41) is 6.01. The first-order chi connectivity index (χ1) is 12.0. The minimum atomic E-state index is -0.676. The molecule has 0 aliphatic carbocycles. The molecule has 0 spiro atoms.